The molecule has 2 amide bonds. The molecule has 1 aliphatic heterocycles. The number of nitrogens with one attached hydrogen (secondary N) is 2. The molecule has 0 saturated carbocycles. The first-order valence-electron chi connectivity index (χ1n) is 10.4. The zero-order valence-corrected chi connectivity index (χ0v) is 17.2. The number of hydrogen-bond acceptors (Lipinski definition) is 4. The molecule has 0 aliphatic carbocycles. The summed E-state index contributed by atoms with van der Waals surface area (Å²) in [6, 6.07) is 17.8. The smallest absolute Gasteiger partial charge is 0.244 e. The average molecular weight is 408 g/mol. The van der Waals surface area contributed by atoms with Gasteiger partial charge in [0, 0.05) is 45.2 Å². The highest BCUT2D eigenvalue weighted by Crippen LogP contribution is 2.13. The minimum atomic E-state index is -0.206. The molecule has 0 unspecified atom stereocenters. The Morgan fingerprint density at radius 3 is 2.40 bits per heavy atom. The predicted molar refractivity (Wildman–Crippen MR) is 117 cm³/mol. The van der Waals surface area contributed by atoms with Gasteiger partial charge in [-0.1, -0.05) is 54.6 Å². The van der Waals surface area contributed by atoms with Crippen LogP contribution in [0, 0.1) is 0 Å². The highest BCUT2D eigenvalue weighted by atomic mass is 16.5. The molecule has 30 heavy (non-hydrogen) atoms. The summed E-state index contributed by atoms with van der Waals surface area (Å²) in [7, 11) is 0. The number of benzene rings is 2. The van der Waals surface area contributed by atoms with E-state index in [1.165, 1.54) is 11.6 Å². The second-order valence-corrected chi connectivity index (χ2v) is 7.22. The van der Waals surface area contributed by atoms with Gasteiger partial charge in [0.25, 0.3) is 0 Å². The maximum absolute atomic E-state index is 12.2. The number of amides is 2. The Bertz CT molecular complexity index is 846. The summed E-state index contributed by atoms with van der Waals surface area (Å²) in [4.78, 5) is 26.4. The number of rotatable bonds is 9. The lowest BCUT2D eigenvalue weighted by molar-refractivity contribution is -0.121. The summed E-state index contributed by atoms with van der Waals surface area (Å²) in [5.41, 5.74) is 3.30. The van der Waals surface area contributed by atoms with Gasteiger partial charge < -0.3 is 15.4 Å². The van der Waals surface area contributed by atoms with Gasteiger partial charge in [-0.25, -0.2) is 0 Å². The number of ether oxygens (including phenoxy) is 1. The molecule has 1 saturated heterocycles. The monoisotopic (exact) mass is 407 g/mol. The van der Waals surface area contributed by atoms with Crippen LogP contribution in [-0.2, 0) is 27.4 Å². The molecular weight excluding hydrogens is 378 g/mol. The van der Waals surface area contributed by atoms with Crippen molar-refractivity contribution in [3.8, 4) is 0 Å². The number of carbonyl (C=O) groups is 2. The Hall–Kier alpha value is -2.96. The van der Waals surface area contributed by atoms with Gasteiger partial charge in [-0.15, -0.1) is 0 Å². The molecule has 3 rings (SSSR count). The second-order valence-electron chi connectivity index (χ2n) is 7.22. The zero-order chi connectivity index (χ0) is 21.0. The Morgan fingerprint density at radius 1 is 0.933 bits per heavy atom. The van der Waals surface area contributed by atoms with E-state index in [1.54, 1.807) is 6.08 Å². The fourth-order valence-corrected chi connectivity index (χ4v) is 3.26. The van der Waals surface area contributed by atoms with E-state index in [4.69, 9.17) is 4.74 Å². The molecule has 2 aromatic rings. The maximum Gasteiger partial charge on any atom is 0.244 e. The number of morpholine rings is 1. The molecule has 0 aromatic heterocycles. The third-order valence-corrected chi connectivity index (χ3v) is 4.97. The number of nitrogens with zero attached hydrogens (tertiary/aromatic N) is 1. The van der Waals surface area contributed by atoms with E-state index in [0.717, 1.165) is 44.0 Å². The van der Waals surface area contributed by atoms with Gasteiger partial charge in [0.1, 0.15) is 0 Å². The molecule has 6 heteroatoms. The third-order valence-electron chi connectivity index (χ3n) is 4.97. The molecular formula is C24H29N3O3. The van der Waals surface area contributed by atoms with Crippen molar-refractivity contribution in [3.63, 3.8) is 0 Å². The van der Waals surface area contributed by atoms with Gasteiger partial charge in [0.15, 0.2) is 0 Å². The molecule has 0 bridgehead atoms. The highest BCUT2D eigenvalue weighted by molar-refractivity contribution is 5.92. The van der Waals surface area contributed by atoms with Crippen LogP contribution in [0.3, 0.4) is 0 Å². The summed E-state index contributed by atoms with van der Waals surface area (Å²) >= 11 is 0. The van der Waals surface area contributed by atoms with Crippen LogP contribution >= 0.6 is 0 Å². The lowest BCUT2D eigenvalue weighted by Crippen LogP contribution is -2.36. The van der Waals surface area contributed by atoms with Crippen molar-refractivity contribution in [1.29, 1.82) is 0 Å². The zero-order valence-electron chi connectivity index (χ0n) is 17.2. The quantitative estimate of drug-likeness (QED) is 0.626. The van der Waals surface area contributed by atoms with Crippen LogP contribution in [-0.4, -0.2) is 49.6 Å². The number of hydrogen-bond donors (Lipinski definition) is 2. The van der Waals surface area contributed by atoms with Crippen molar-refractivity contribution < 1.29 is 14.3 Å². The topological polar surface area (TPSA) is 70.7 Å². The predicted octanol–water partition coefficient (Wildman–Crippen LogP) is 2.35. The second kappa shape index (κ2) is 11.9. The van der Waals surface area contributed by atoms with Crippen molar-refractivity contribution in [1.82, 2.24) is 15.5 Å². The SMILES string of the molecule is O=C(/C=C/c1ccccc1)NCCC(=O)NCc1ccccc1CN1CCOCC1. The first-order chi connectivity index (χ1) is 14.7. The van der Waals surface area contributed by atoms with Crippen molar-refractivity contribution in [2.45, 2.75) is 19.5 Å². The van der Waals surface area contributed by atoms with Gasteiger partial charge in [-0.2, -0.15) is 0 Å². The van der Waals surface area contributed by atoms with Crippen molar-refractivity contribution in [2.75, 3.05) is 32.8 Å². The molecule has 0 radical (unpaired) electrons. The number of carbonyl (C=O) groups excluding carboxylic acids is 2. The summed E-state index contributed by atoms with van der Waals surface area (Å²) in [6.45, 7) is 5.05. The Balaban J connectivity index is 1.38. The van der Waals surface area contributed by atoms with E-state index in [-0.39, 0.29) is 18.2 Å². The average Bonchev–Trinajstić information content (AvgIpc) is 2.78. The molecule has 2 N–H and O–H groups in total. The molecule has 0 spiro atoms. The van der Waals surface area contributed by atoms with Crippen LogP contribution in [0.5, 0.6) is 0 Å². The van der Waals surface area contributed by atoms with Gasteiger partial charge in [-0.3, -0.25) is 14.5 Å². The van der Waals surface area contributed by atoms with Crippen molar-refractivity contribution in [3.05, 3.63) is 77.4 Å². The molecule has 6 nitrogen and oxygen atoms in total. The van der Waals surface area contributed by atoms with Crippen LogP contribution in [0.25, 0.3) is 6.08 Å². The van der Waals surface area contributed by atoms with Gasteiger partial charge >= 0.3 is 0 Å². The molecule has 2 aromatic carbocycles. The maximum atomic E-state index is 12.2. The molecule has 1 fully saturated rings. The van der Waals surface area contributed by atoms with Crippen LogP contribution in [0.4, 0.5) is 0 Å². The first kappa shape index (κ1) is 21.7. The van der Waals surface area contributed by atoms with E-state index in [9.17, 15) is 9.59 Å². The minimum absolute atomic E-state index is 0.0801. The van der Waals surface area contributed by atoms with E-state index < -0.39 is 0 Å². The van der Waals surface area contributed by atoms with Crippen LogP contribution in [0.2, 0.25) is 0 Å². The standard InChI is InChI=1S/C24H29N3O3/c28-23(11-10-20-6-2-1-3-7-20)25-13-12-24(29)26-18-21-8-4-5-9-22(21)19-27-14-16-30-17-15-27/h1-11H,12-19H2,(H,25,28)(H,26,29)/b11-10+. The molecule has 1 heterocycles. The van der Waals surface area contributed by atoms with Crippen LogP contribution in [0.15, 0.2) is 60.7 Å². The Labute approximate surface area is 177 Å². The summed E-state index contributed by atoms with van der Waals surface area (Å²) in [5, 5.41) is 5.70. The minimum Gasteiger partial charge on any atom is -0.379 e. The van der Waals surface area contributed by atoms with E-state index in [0.29, 0.717) is 13.1 Å². The first-order valence-corrected chi connectivity index (χ1v) is 10.4. The van der Waals surface area contributed by atoms with Gasteiger partial charge in [-0.05, 0) is 22.8 Å². The Morgan fingerprint density at radius 2 is 1.63 bits per heavy atom. The molecule has 0 atom stereocenters. The van der Waals surface area contributed by atoms with E-state index in [1.807, 2.05) is 48.5 Å². The molecule has 158 valence electrons. The van der Waals surface area contributed by atoms with Crippen LogP contribution < -0.4 is 10.6 Å². The van der Waals surface area contributed by atoms with E-state index >= 15 is 0 Å². The lowest BCUT2D eigenvalue weighted by atomic mass is 10.1. The largest absolute Gasteiger partial charge is 0.379 e. The van der Waals surface area contributed by atoms with Crippen molar-refractivity contribution in [2.24, 2.45) is 0 Å². The Kier molecular flexibility index (Phi) is 8.62. The van der Waals surface area contributed by atoms with Crippen LogP contribution in [0.1, 0.15) is 23.1 Å². The van der Waals surface area contributed by atoms with Gasteiger partial charge in [0.05, 0.1) is 13.2 Å². The fourth-order valence-electron chi connectivity index (χ4n) is 3.26. The summed E-state index contributed by atoms with van der Waals surface area (Å²) in [6.07, 6.45) is 3.48. The summed E-state index contributed by atoms with van der Waals surface area (Å²) in [5.74, 6) is -0.286. The van der Waals surface area contributed by atoms with E-state index in [2.05, 4.69) is 21.6 Å². The molecule has 1 aliphatic rings. The third kappa shape index (κ3) is 7.46. The van der Waals surface area contributed by atoms with Gasteiger partial charge in [0.2, 0.25) is 11.8 Å². The summed E-state index contributed by atoms with van der Waals surface area (Å²) < 4.78 is 5.41. The highest BCUT2D eigenvalue weighted by Gasteiger charge is 2.13. The fraction of sp³-hybridized carbons (Fsp3) is 0.333. The lowest BCUT2D eigenvalue weighted by Gasteiger charge is -2.27. The normalized spacial score (nSPS) is 14.5. The van der Waals surface area contributed by atoms with Crippen molar-refractivity contribution >= 4 is 17.9 Å².